The molecule has 6 nitrogen and oxygen atoms in total. The van der Waals surface area contributed by atoms with Gasteiger partial charge in [-0.05, 0) is 36.4 Å². The van der Waals surface area contributed by atoms with Gasteiger partial charge in [0.1, 0.15) is 5.82 Å². The minimum Gasteiger partial charge on any atom is -0.421 e. The summed E-state index contributed by atoms with van der Waals surface area (Å²) in [5.74, 6) is 0.218. The average Bonchev–Trinajstić information content (AvgIpc) is 3.05. The quantitative estimate of drug-likeness (QED) is 0.740. The molecule has 0 aliphatic rings. The third-order valence-electron chi connectivity index (χ3n) is 3.24. The normalized spacial score (nSPS) is 11.5. The highest BCUT2D eigenvalue weighted by molar-refractivity contribution is 7.89. The smallest absolute Gasteiger partial charge is 0.247 e. The highest BCUT2D eigenvalue weighted by atomic mass is 32.2. The second-order valence-electron chi connectivity index (χ2n) is 4.97. The number of halogens is 1. The van der Waals surface area contributed by atoms with Crippen molar-refractivity contribution >= 4 is 10.0 Å². The van der Waals surface area contributed by atoms with Crippen LogP contribution in [0.15, 0.2) is 63.9 Å². The van der Waals surface area contributed by atoms with Crippen molar-refractivity contribution in [2.24, 2.45) is 0 Å². The Morgan fingerprint density at radius 3 is 2.42 bits per heavy atom. The standard InChI is InChI=1S/C16H14FN3O3S/c17-13-6-8-14(9-7-13)24(21,22)18-11-10-15-19-20-16(23-15)12-4-2-1-3-5-12/h1-9,18H,10-11H2. The van der Waals surface area contributed by atoms with Gasteiger partial charge in [-0.2, -0.15) is 0 Å². The van der Waals surface area contributed by atoms with Crippen molar-refractivity contribution in [2.45, 2.75) is 11.3 Å². The Kier molecular flexibility index (Phi) is 4.68. The largest absolute Gasteiger partial charge is 0.421 e. The second-order valence-corrected chi connectivity index (χ2v) is 6.74. The Hall–Kier alpha value is -2.58. The monoisotopic (exact) mass is 347 g/mol. The van der Waals surface area contributed by atoms with Crippen molar-refractivity contribution in [1.29, 1.82) is 0 Å². The number of rotatable bonds is 6. The number of hydrogen-bond acceptors (Lipinski definition) is 5. The lowest BCUT2D eigenvalue weighted by atomic mass is 10.2. The predicted molar refractivity (Wildman–Crippen MR) is 85.0 cm³/mol. The summed E-state index contributed by atoms with van der Waals surface area (Å²) in [7, 11) is -3.70. The van der Waals surface area contributed by atoms with E-state index in [-0.39, 0.29) is 17.9 Å². The van der Waals surface area contributed by atoms with E-state index in [1.54, 1.807) is 0 Å². The number of aromatic nitrogens is 2. The molecule has 0 spiro atoms. The van der Waals surface area contributed by atoms with Crippen LogP contribution in [0.1, 0.15) is 5.89 Å². The molecule has 0 aliphatic heterocycles. The van der Waals surface area contributed by atoms with Crippen LogP contribution in [0.5, 0.6) is 0 Å². The molecule has 124 valence electrons. The molecule has 3 aromatic rings. The van der Waals surface area contributed by atoms with Crippen molar-refractivity contribution in [3.05, 3.63) is 66.3 Å². The molecule has 0 fully saturated rings. The van der Waals surface area contributed by atoms with Crippen LogP contribution < -0.4 is 4.72 Å². The Bertz CT molecular complexity index is 909. The first-order valence-corrected chi connectivity index (χ1v) is 8.66. The van der Waals surface area contributed by atoms with E-state index in [2.05, 4.69) is 14.9 Å². The van der Waals surface area contributed by atoms with Crippen LogP contribution in [-0.2, 0) is 16.4 Å². The summed E-state index contributed by atoms with van der Waals surface area (Å²) in [6.07, 6.45) is 0.250. The average molecular weight is 347 g/mol. The molecule has 0 saturated carbocycles. The fraction of sp³-hybridized carbons (Fsp3) is 0.125. The summed E-state index contributed by atoms with van der Waals surface area (Å²) >= 11 is 0. The number of nitrogens with zero attached hydrogens (tertiary/aromatic N) is 2. The molecule has 1 N–H and O–H groups in total. The lowest BCUT2D eigenvalue weighted by Gasteiger charge is -2.05. The van der Waals surface area contributed by atoms with Crippen molar-refractivity contribution < 1.29 is 17.2 Å². The summed E-state index contributed by atoms with van der Waals surface area (Å²) in [6, 6.07) is 13.9. The van der Waals surface area contributed by atoms with Crippen LogP contribution >= 0.6 is 0 Å². The third-order valence-corrected chi connectivity index (χ3v) is 4.72. The van der Waals surface area contributed by atoms with E-state index in [1.807, 2.05) is 30.3 Å². The van der Waals surface area contributed by atoms with Gasteiger partial charge in [-0.25, -0.2) is 17.5 Å². The van der Waals surface area contributed by atoms with E-state index in [9.17, 15) is 12.8 Å². The number of benzene rings is 2. The highest BCUT2D eigenvalue weighted by Crippen LogP contribution is 2.17. The molecule has 0 aliphatic carbocycles. The van der Waals surface area contributed by atoms with Gasteiger partial charge in [0.2, 0.25) is 21.8 Å². The van der Waals surface area contributed by atoms with Crippen LogP contribution in [0, 0.1) is 5.82 Å². The van der Waals surface area contributed by atoms with Crippen molar-refractivity contribution in [1.82, 2.24) is 14.9 Å². The van der Waals surface area contributed by atoms with E-state index < -0.39 is 15.8 Å². The maximum atomic E-state index is 12.8. The summed E-state index contributed by atoms with van der Waals surface area (Å²) in [5, 5.41) is 7.83. The molecule has 24 heavy (non-hydrogen) atoms. The minimum atomic E-state index is -3.70. The summed E-state index contributed by atoms with van der Waals surface area (Å²) in [6.45, 7) is 0.0934. The van der Waals surface area contributed by atoms with Gasteiger partial charge in [0.25, 0.3) is 0 Å². The highest BCUT2D eigenvalue weighted by Gasteiger charge is 2.14. The third kappa shape index (κ3) is 3.84. The Labute approximate surface area is 138 Å². The van der Waals surface area contributed by atoms with Gasteiger partial charge in [0.05, 0.1) is 4.90 Å². The molecule has 0 unspecified atom stereocenters. The van der Waals surface area contributed by atoms with Crippen LogP contribution in [0.4, 0.5) is 4.39 Å². The molecular formula is C16H14FN3O3S. The lowest BCUT2D eigenvalue weighted by Crippen LogP contribution is -2.26. The minimum absolute atomic E-state index is 0.000552. The predicted octanol–water partition coefficient (Wildman–Crippen LogP) is 2.40. The molecule has 0 bridgehead atoms. The molecular weight excluding hydrogens is 333 g/mol. The SMILES string of the molecule is O=S(=O)(NCCc1nnc(-c2ccccc2)o1)c1ccc(F)cc1. The topological polar surface area (TPSA) is 85.1 Å². The Balaban J connectivity index is 1.60. The van der Waals surface area contributed by atoms with Gasteiger partial charge in [-0.1, -0.05) is 18.2 Å². The first kappa shape index (κ1) is 16.3. The van der Waals surface area contributed by atoms with Gasteiger partial charge < -0.3 is 4.42 Å². The molecule has 8 heteroatoms. The number of sulfonamides is 1. The molecule has 1 aromatic heterocycles. The molecule has 2 aromatic carbocycles. The zero-order chi connectivity index (χ0) is 17.0. The van der Waals surface area contributed by atoms with E-state index >= 15 is 0 Å². The van der Waals surface area contributed by atoms with Gasteiger partial charge in [0, 0.05) is 18.5 Å². The molecule has 0 radical (unpaired) electrons. The van der Waals surface area contributed by atoms with E-state index in [4.69, 9.17) is 4.42 Å². The molecule has 0 amide bonds. The zero-order valence-electron chi connectivity index (χ0n) is 12.5. The van der Waals surface area contributed by atoms with Gasteiger partial charge in [-0.15, -0.1) is 10.2 Å². The lowest BCUT2D eigenvalue weighted by molar-refractivity contribution is 0.502. The van der Waals surface area contributed by atoms with E-state index in [0.717, 1.165) is 17.7 Å². The van der Waals surface area contributed by atoms with Crippen molar-refractivity contribution in [2.75, 3.05) is 6.54 Å². The summed E-state index contributed by atoms with van der Waals surface area (Å²) < 4.78 is 44.9. The first-order chi connectivity index (χ1) is 11.5. The van der Waals surface area contributed by atoms with E-state index in [1.165, 1.54) is 12.1 Å². The van der Waals surface area contributed by atoms with Gasteiger partial charge >= 0.3 is 0 Å². The second kappa shape index (κ2) is 6.90. The van der Waals surface area contributed by atoms with Crippen LogP contribution in [0.25, 0.3) is 11.5 Å². The summed E-state index contributed by atoms with van der Waals surface area (Å²) in [4.78, 5) is -0.000552. The van der Waals surface area contributed by atoms with Crippen molar-refractivity contribution in [3.8, 4) is 11.5 Å². The fourth-order valence-electron chi connectivity index (χ4n) is 2.04. The maximum absolute atomic E-state index is 12.8. The Morgan fingerprint density at radius 1 is 1.00 bits per heavy atom. The van der Waals surface area contributed by atoms with Crippen LogP contribution in [0.2, 0.25) is 0 Å². The summed E-state index contributed by atoms with van der Waals surface area (Å²) in [5.41, 5.74) is 0.795. The van der Waals surface area contributed by atoms with Crippen molar-refractivity contribution in [3.63, 3.8) is 0 Å². The number of nitrogens with one attached hydrogen (secondary N) is 1. The van der Waals surface area contributed by atoms with Gasteiger partial charge in [0.15, 0.2) is 0 Å². The fourth-order valence-corrected chi connectivity index (χ4v) is 3.07. The zero-order valence-corrected chi connectivity index (χ0v) is 13.3. The first-order valence-electron chi connectivity index (χ1n) is 7.18. The van der Waals surface area contributed by atoms with E-state index in [0.29, 0.717) is 11.8 Å². The molecule has 1 heterocycles. The maximum Gasteiger partial charge on any atom is 0.247 e. The van der Waals surface area contributed by atoms with Crippen LogP contribution in [0.3, 0.4) is 0 Å². The van der Waals surface area contributed by atoms with Crippen LogP contribution in [-0.4, -0.2) is 25.2 Å². The van der Waals surface area contributed by atoms with Gasteiger partial charge in [-0.3, -0.25) is 0 Å². The molecule has 0 atom stereocenters. The molecule has 3 rings (SSSR count). The molecule has 0 saturated heterocycles. The number of hydrogen-bond donors (Lipinski definition) is 1. The Morgan fingerprint density at radius 2 is 1.71 bits per heavy atom.